The van der Waals surface area contributed by atoms with Gasteiger partial charge in [-0.05, 0) is 51.2 Å². The Morgan fingerprint density at radius 1 is 1.20 bits per heavy atom. The summed E-state index contributed by atoms with van der Waals surface area (Å²) >= 11 is 0. The zero-order valence-electron chi connectivity index (χ0n) is 15.1. The second-order valence-electron chi connectivity index (χ2n) is 6.67. The van der Waals surface area contributed by atoms with Crippen LogP contribution in [0.15, 0.2) is 42.5 Å². The van der Waals surface area contributed by atoms with Gasteiger partial charge in [0.2, 0.25) is 5.91 Å². The first-order valence-corrected chi connectivity index (χ1v) is 8.40. The largest absolute Gasteiger partial charge is 0.350 e. The molecule has 3 rings (SSSR count). The van der Waals surface area contributed by atoms with Gasteiger partial charge in [0, 0.05) is 6.54 Å². The lowest BCUT2D eigenvalue weighted by atomic mass is 10.0. The fourth-order valence-corrected chi connectivity index (χ4v) is 3.10. The average molecular weight is 336 g/mol. The first kappa shape index (κ1) is 17.2. The lowest BCUT2D eigenvalue weighted by Gasteiger charge is -2.24. The number of nitrogens with one attached hydrogen (secondary N) is 2. The summed E-state index contributed by atoms with van der Waals surface area (Å²) in [6.45, 7) is 4.46. The van der Waals surface area contributed by atoms with Gasteiger partial charge in [-0.2, -0.15) is 0 Å². The van der Waals surface area contributed by atoms with Gasteiger partial charge in [0.1, 0.15) is 11.9 Å². The zero-order valence-corrected chi connectivity index (χ0v) is 15.1. The lowest BCUT2D eigenvalue weighted by Crippen LogP contribution is -2.36. The van der Waals surface area contributed by atoms with Gasteiger partial charge < -0.3 is 10.3 Å². The Hall–Kier alpha value is -2.66. The monoisotopic (exact) mass is 336 g/mol. The minimum atomic E-state index is -0.307. The van der Waals surface area contributed by atoms with Gasteiger partial charge in [0.15, 0.2) is 0 Å². The maximum absolute atomic E-state index is 12.8. The van der Waals surface area contributed by atoms with Crippen LogP contribution in [-0.2, 0) is 11.3 Å². The summed E-state index contributed by atoms with van der Waals surface area (Å²) in [6, 6.07) is 13.8. The number of imidazole rings is 1. The molecule has 0 saturated heterocycles. The van der Waals surface area contributed by atoms with Crippen LogP contribution in [-0.4, -0.2) is 34.9 Å². The molecular weight excluding hydrogens is 312 g/mol. The Bertz CT molecular complexity index is 898. The molecule has 1 amide bonds. The minimum Gasteiger partial charge on any atom is -0.350 e. The summed E-state index contributed by atoms with van der Waals surface area (Å²) < 4.78 is 0. The van der Waals surface area contributed by atoms with Gasteiger partial charge in [0.05, 0.1) is 11.0 Å². The van der Waals surface area contributed by atoms with Gasteiger partial charge in [-0.1, -0.05) is 35.9 Å². The van der Waals surface area contributed by atoms with E-state index in [1.807, 2.05) is 69.2 Å². The highest BCUT2D eigenvalue weighted by molar-refractivity contribution is 5.83. The molecule has 0 aliphatic carbocycles. The van der Waals surface area contributed by atoms with E-state index in [9.17, 15) is 4.79 Å². The van der Waals surface area contributed by atoms with Crippen molar-refractivity contribution in [3.8, 4) is 0 Å². The molecule has 1 atom stereocenters. The second kappa shape index (κ2) is 7.07. The Labute approximate surface area is 148 Å². The third kappa shape index (κ3) is 3.88. The molecule has 0 bridgehead atoms. The number of nitrogens with zero attached hydrogens (tertiary/aromatic N) is 2. The highest BCUT2D eigenvalue weighted by Gasteiger charge is 2.22. The maximum atomic E-state index is 12.8. The molecule has 1 heterocycles. The SMILES string of the molecule is Cc1cccc(C(C(=O)NCc2ccc3nc(C)[nH]c3c2)N(C)C)c1. The van der Waals surface area contributed by atoms with E-state index in [0.29, 0.717) is 6.54 Å². The predicted octanol–water partition coefficient (Wildman–Crippen LogP) is 3.10. The molecule has 5 heteroatoms. The van der Waals surface area contributed by atoms with Gasteiger partial charge >= 0.3 is 0 Å². The number of carbonyl (C=O) groups excluding carboxylic acids is 1. The molecule has 25 heavy (non-hydrogen) atoms. The number of hydrogen-bond acceptors (Lipinski definition) is 3. The van der Waals surface area contributed by atoms with Crippen molar-refractivity contribution in [2.45, 2.75) is 26.4 Å². The number of carbonyl (C=O) groups is 1. The first-order valence-electron chi connectivity index (χ1n) is 8.40. The fraction of sp³-hybridized carbons (Fsp3) is 0.300. The smallest absolute Gasteiger partial charge is 0.242 e. The standard InChI is InChI=1S/C20H24N4O/c1-13-6-5-7-16(10-13)19(24(3)4)20(25)21-12-15-8-9-17-18(11-15)23-14(2)22-17/h5-11,19H,12H2,1-4H3,(H,21,25)(H,22,23). The summed E-state index contributed by atoms with van der Waals surface area (Å²) in [7, 11) is 3.85. The van der Waals surface area contributed by atoms with Crippen molar-refractivity contribution in [3.05, 3.63) is 65.0 Å². The molecule has 2 aromatic carbocycles. The Balaban J connectivity index is 1.74. The summed E-state index contributed by atoms with van der Waals surface area (Å²) in [4.78, 5) is 22.3. The summed E-state index contributed by atoms with van der Waals surface area (Å²) in [5.74, 6) is 0.889. The number of amides is 1. The Kier molecular flexibility index (Phi) is 4.86. The number of aromatic amines is 1. The van der Waals surface area contributed by atoms with Crippen LogP contribution in [0.25, 0.3) is 11.0 Å². The van der Waals surface area contributed by atoms with Crippen LogP contribution in [0.4, 0.5) is 0 Å². The molecule has 0 aliphatic rings. The Morgan fingerprint density at radius 2 is 2.00 bits per heavy atom. The molecule has 1 unspecified atom stereocenters. The molecule has 0 fully saturated rings. The van der Waals surface area contributed by atoms with E-state index in [0.717, 1.165) is 33.5 Å². The van der Waals surface area contributed by atoms with Crippen LogP contribution in [0.5, 0.6) is 0 Å². The van der Waals surface area contributed by atoms with Gasteiger partial charge in [-0.25, -0.2) is 4.98 Å². The van der Waals surface area contributed by atoms with Crippen molar-refractivity contribution < 1.29 is 4.79 Å². The highest BCUT2D eigenvalue weighted by atomic mass is 16.2. The van der Waals surface area contributed by atoms with Crippen LogP contribution < -0.4 is 5.32 Å². The predicted molar refractivity (Wildman–Crippen MR) is 100 cm³/mol. The Morgan fingerprint density at radius 3 is 2.72 bits per heavy atom. The number of rotatable bonds is 5. The average Bonchev–Trinajstić information content (AvgIpc) is 2.92. The number of aromatic nitrogens is 2. The quantitative estimate of drug-likeness (QED) is 0.753. The molecule has 1 aromatic heterocycles. The van der Waals surface area contributed by atoms with E-state index in [1.165, 1.54) is 0 Å². The van der Waals surface area contributed by atoms with E-state index < -0.39 is 0 Å². The third-order valence-corrected chi connectivity index (χ3v) is 4.25. The molecular formula is C20H24N4O. The van der Waals surface area contributed by atoms with E-state index in [2.05, 4.69) is 21.4 Å². The molecule has 0 aliphatic heterocycles. The van der Waals surface area contributed by atoms with Gasteiger partial charge in [-0.3, -0.25) is 9.69 Å². The van der Waals surface area contributed by atoms with E-state index in [-0.39, 0.29) is 11.9 Å². The molecule has 5 nitrogen and oxygen atoms in total. The molecule has 2 N–H and O–H groups in total. The van der Waals surface area contributed by atoms with Crippen molar-refractivity contribution in [1.29, 1.82) is 0 Å². The number of likely N-dealkylation sites (N-methyl/N-ethyl adjacent to an activating group) is 1. The number of aryl methyl sites for hydroxylation is 2. The van der Waals surface area contributed by atoms with Crippen LogP contribution >= 0.6 is 0 Å². The van der Waals surface area contributed by atoms with Crippen LogP contribution in [0.2, 0.25) is 0 Å². The molecule has 0 radical (unpaired) electrons. The van der Waals surface area contributed by atoms with Crippen LogP contribution in [0, 0.1) is 13.8 Å². The van der Waals surface area contributed by atoms with Crippen molar-refractivity contribution >= 4 is 16.9 Å². The van der Waals surface area contributed by atoms with Crippen molar-refractivity contribution in [3.63, 3.8) is 0 Å². The third-order valence-electron chi connectivity index (χ3n) is 4.25. The van der Waals surface area contributed by atoms with E-state index in [1.54, 1.807) is 0 Å². The van der Waals surface area contributed by atoms with Crippen molar-refractivity contribution in [2.75, 3.05) is 14.1 Å². The van der Waals surface area contributed by atoms with Crippen LogP contribution in [0.1, 0.15) is 28.6 Å². The maximum Gasteiger partial charge on any atom is 0.242 e. The number of hydrogen-bond donors (Lipinski definition) is 2. The molecule has 3 aromatic rings. The van der Waals surface area contributed by atoms with E-state index in [4.69, 9.17) is 0 Å². The zero-order chi connectivity index (χ0) is 18.0. The highest BCUT2D eigenvalue weighted by Crippen LogP contribution is 2.20. The summed E-state index contributed by atoms with van der Waals surface area (Å²) in [6.07, 6.45) is 0. The van der Waals surface area contributed by atoms with Gasteiger partial charge in [-0.15, -0.1) is 0 Å². The molecule has 0 spiro atoms. The number of H-pyrrole nitrogens is 1. The topological polar surface area (TPSA) is 61.0 Å². The van der Waals surface area contributed by atoms with Gasteiger partial charge in [0.25, 0.3) is 0 Å². The van der Waals surface area contributed by atoms with Crippen LogP contribution in [0.3, 0.4) is 0 Å². The van der Waals surface area contributed by atoms with E-state index >= 15 is 0 Å². The number of benzene rings is 2. The summed E-state index contributed by atoms with van der Waals surface area (Å²) in [5.41, 5.74) is 5.14. The molecule has 0 saturated carbocycles. The minimum absolute atomic E-state index is 0.00325. The number of fused-ring (bicyclic) bond motifs is 1. The fourth-order valence-electron chi connectivity index (χ4n) is 3.10. The molecule has 130 valence electrons. The lowest BCUT2D eigenvalue weighted by molar-refractivity contribution is -0.125. The first-order chi connectivity index (χ1) is 11.9. The van der Waals surface area contributed by atoms with Crippen molar-refractivity contribution in [1.82, 2.24) is 20.2 Å². The second-order valence-corrected chi connectivity index (χ2v) is 6.67. The van der Waals surface area contributed by atoms with Crippen molar-refractivity contribution in [2.24, 2.45) is 0 Å². The summed E-state index contributed by atoms with van der Waals surface area (Å²) in [5, 5.41) is 3.05. The normalized spacial score (nSPS) is 12.5.